The lowest BCUT2D eigenvalue weighted by atomic mass is 10.1. The van der Waals surface area contributed by atoms with Crippen LogP contribution in [0.3, 0.4) is 0 Å². The normalized spacial score (nSPS) is 11.8. The maximum atomic E-state index is 5.09. The number of aromatic nitrogens is 2. The predicted molar refractivity (Wildman–Crippen MR) is 110 cm³/mol. The SMILES string of the molecule is CN=C(NCCN(C)CCCOC)NCc1ccccc1Cn1cccn1. The average Bonchev–Trinajstić information content (AvgIpc) is 3.19. The van der Waals surface area contributed by atoms with Crippen LogP contribution in [0.2, 0.25) is 0 Å². The molecule has 0 unspecified atom stereocenters. The molecule has 2 N–H and O–H groups in total. The fraction of sp³-hybridized carbons (Fsp3) is 0.500. The summed E-state index contributed by atoms with van der Waals surface area (Å²) >= 11 is 0. The van der Waals surface area contributed by atoms with Crippen LogP contribution in [0.5, 0.6) is 0 Å². The van der Waals surface area contributed by atoms with Crippen molar-refractivity contribution >= 4 is 5.96 Å². The summed E-state index contributed by atoms with van der Waals surface area (Å²) in [4.78, 5) is 6.61. The molecular weight excluding hydrogens is 340 g/mol. The van der Waals surface area contributed by atoms with E-state index in [-0.39, 0.29) is 0 Å². The summed E-state index contributed by atoms with van der Waals surface area (Å²) in [5, 5.41) is 11.1. The molecule has 27 heavy (non-hydrogen) atoms. The molecule has 0 radical (unpaired) electrons. The smallest absolute Gasteiger partial charge is 0.191 e. The number of nitrogens with zero attached hydrogens (tertiary/aromatic N) is 4. The van der Waals surface area contributed by atoms with Crippen LogP contribution in [-0.2, 0) is 17.8 Å². The Balaban J connectivity index is 1.77. The third kappa shape index (κ3) is 7.80. The maximum absolute atomic E-state index is 5.09. The van der Waals surface area contributed by atoms with Crippen molar-refractivity contribution in [3.05, 3.63) is 53.9 Å². The maximum Gasteiger partial charge on any atom is 0.191 e. The Morgan fingerprint density at radius 1 is 1.19 bits per heavy atom. The molecule has 2 rings (SSSR count). The Labute approximate surface area is 162 Å². The molecule has 1 aromatic carbocycles. The number of ether oxygens (including phenoxy) is 1. The molecule has 0 fully saturated rings. The second kappa shape index (κ2) is 12.1. The summed E-state index contributed by atoms with van der Waals surface area (Å²) in [5.74, 6) is 0.814. The monoisotopic (exact) mass is 372 g/mol. The van der Waals surface area contributed by atoms with Crippen molar-refractivity contribution in [3.8, 4) is 0 Å². The fourth-order valence-corrected chi connectivity index (χ4v) is 2.81. The molecule has 148 valence electrons. The zero-order valence-corrected chi connectivity index (χ0v) is 16.7. The van der Waals surface area contributed by atoms with Crippen molar-refractivity contribution in [1.82, 2.24) is 25.3 Å². The molecule has 1 heterocycles. The highest BCUT2D eigenvalue weighted by atomic mass is 16.5. The molecule has 0 atom stereocenters. The van der Waals surface area contributed by atoms with E-state index in [1.165, 1.54) is 11.1 Å². The van der Waals surface area contributed by atoms with Crippen LogP contribution in [0.4, 0.5) is 0 Å². The summed E-state index contributed by atoms with van der Waals surface area (Å²) in [6.07, 6.45) is 4.83. The van der Waals surface area contributed by atoms with Gasteiger partial charge in [0, 0.05) is 59.3 Å². The van der Waals surface area contributed by atoms with Crippen LogP contribution in [0.15, 0.2) is 47.7 Å². The first-order chi connectivity index (χ1) is 13.2. The van der Waals surface area contributed by atoms with E-state index in [0.717, 1.165) is 51.7 Å². The molecule has 7 nitrogen and oxygen atoms in total. The third-order valence-electron chi connectivity index (χ3n) is 4.35. The number of guanidine groups is 1. The van der Waals surface area contributed by atoms with Gasteiger partial charge in [-0.1, -0.05) is 24.3 Å². The summed E-state index contributed by atoms with van der Waals surface area (Å²) in [6, 6.07) is 10.4. The Hall–Kier alpha value is -2.38. The van der Waals surface area contributed by atoms with Crippen LogP contribution >= 0.6 is 0 Å². The number of hydrogen-bond donors (Lipinski definition) is 2. The first-order valence-electron chi connectivity index (χ1n) is 9.39. The Morgan fingerprint density at radius 3 is 2.70 bits per heavy atom. The molecular formula is C20H32N6O. The number of likely N-dealkylation sites (N-methyl/N-ethyl adjacent to an activating group) is 1. The molecule has 0 aliphatic rings. The standard InChI is InChI=1S/C20H32N6O/c1-21-20(22-11-14-25(2)12-7-15-27-3)23-16-18-8-4-5-9-19(18)17-26-13-6-10-24-26/h4-6,8-10,13H,7,11-12,14-17H2,1-3H3,(H2,21,22,23). The number of aliphatic imine (C=N–C) groups is 1. The molecule has 7 heteroatoms. The number of benzene rings is 1. The molecule has 0 saturated carbocycles. The predicted octanol–water partition coefficient (Wildman–Crippen LogP) is 1.56. The van der Waals surface area contributed by atoms with Gasteiger partial charge in [-0.25, -0.2) is 0 Å². The van der Waals surface area contributed by atoms with Gasteiger partial charge in [-0.15, -0.1) is 0 Å². The van der Waals surface area contributed by atoms with Crippen molar-refractivity contribution < 1.29 is 4.74 Å². The van der Waals surface area contributed by atoms with E-state index in [4.69, 9.17) is 4.74 Å². The molecule has 1 aromatic heterocycles. The fourth-order valence-electron chi connectivity index (χ4n) is 2.81. The van der Waals surface area contributed by atoms with Gasteiger partial charge in [-0.2, -0.15) is 5.10 Å². The van der Waals surface area contributed by atoms with Gasteiger partial charge in [-0.3, -0.25) is 9.67 Å². The van der Waals surface area contributed by atoms with Crippen LogP contribution in [-0.4, -0.2) is 68.1 Å². The third-order valence-corrected chi connectivity index (χ3v) is 4.35. The van der Waals surface area contributed by atoms with E-state index in [1.807, 2.05) is 16.9 Å². The quantitative estimate of drug-likeness (QED) is 0.356. The largest absolute Gasteiger partial charge is 0.385 e. The van der Waals surface area contributed by atoms with E-state index in [1.54, 1.807) is 20.4 Å². The van der Waals surface area contributed by atoms with Crippen molar-refractivity contribution in [3.63, 3.8) is 0 Å². The number of rotatable bonds is 11. The van der Waals surface area contributed by atoms with Crippen molar-refractivity contribution in [2.75, 3.05) is 47.4 Å². The second-order valence-electron chi connectivity index (χ2n) is 6.47. The van der Waals surface area contributed by atoms with Crippen LogP contribution in [0.25, 0.3) is 0 Å². The molecule has 0 amide bonds. The lowest BCUT2D eigenvalue weighted by Gasteiger charge is -2.18. The molecule has 0 aliphatic carbocycles. The number of methoxy groups -OCH3 is 1. The van der Waals surface area contributed by atoms with E-state index in [0.29, 0.717) is 0 Å². The lowest BCUT2D eigenvalue weighted by molar-refractivity contribution is 0.180. The van der Waals surface area contributed by atoms with Crippen molar-refractivity contribution in [2.24, 2.45) is 4.99 Å². The first kappa shape index (κ1) is 20.9. The molecule has 2 aromatic rings. The van der Waals surface area contributed by atoms with Gasteiger partial charge in [0.05, 0.1) is 6.54 Å². The minimum atomic E-state index is 0.723. The van der Waals surface area contributed by atoms with Crippen LogP contribution < -0.4 is 10.6 Å². The van der Waals surface area contributed by atoms with Gasteiger partial charge in [-0.05, 0) is 30.7 Å². The second-order valence-corrected chi connectivity index (χ2v) is 6.47. The minimum Gasteiger partial charge on any atom is -0.385 e. The van der Waals surface area contributed by atoms with E-state index < -0.39 is 0 Å². The first-order valence-corrected chi connectivity index (χ1v) is 9.39. The van der Waals surface area contributed by atoms with Gasteiger partial charge in [0.2, 0.25) is 0 Å². The summed E-state index contributed by atoms with van der Waals surface area (Å²) in [7, 11) is 5.66. The average molecular weight is 373 g/mol. The molecule has 0 saturated heterocycles. The van der Waals surface area contributed by atoms with Crippen LogP contribution in [0, 0.1) is 0 Å². The van der Waals surface area contributed by atoms with Crippen molar-refractivity contribution in [1.29, 1.82) is 0 Å². The Morgan fingerprint density at radius 2 is 2.00 bits per heavy atom. The topological polar surface area (TPSA) is 66.7 Å². The lowest BCUT2D eigenvalue weighted by Crippen LogP contribution is -2.40. The zero-order valence-electron chi connectivity index (χ0n) is 16.7. The highest BCUT2D eigenvalue weighted by molar-refractivity contribution is 5.79. The Bertz CT molecular complexity index is 671. The number of hydrogen-bond acceptors (Lipinski definition) is 4. The summed E-state index contributed by atoms with van der Waals surface area (Å²) < 4.78 is 7.03. The number of nitrogens with one attached hydrogen (secondary N) is 2. The Kier molecular flexibility index (Phi) is 9.37. The summed E-state index contributed by atoms with van der Waals surface area (Å²) in [5.41, 5.74) is 2.50. The zero-order chi connectivity index (χ0) is 19.3. The van der Waals surface area contributed by atoms with E-state index in [9.17, 15) is 0 Å². The van der Waals surface area contributed by atoms with E-state index >= 15 is 0 Å². The highest BCUT2D eigenvalue weighted by Crippen LogP contribution is 2.10. The van der Waals surface area contributed by atoms with Crippen LogP contribution in [0.1, 0.15) is 17.5 Å². The van der Waals surface area contributed by atoms with Gasteiger partial charge in [0.25, 0.3) is 0 Å². The van der Waals surface area contributed by atoms with Gasteiger partial charge < -0.3 is 20.3 Å². The molecule has 0 spiro atoms. The minimum absolute atomic E-state index is 0.723. The molecule has 0 bridgehead atoms. The summed E-state index contributed by atoms with van der Waals surface area (Å²) in [6.45, 7) is 5.13. The van der Waals surface area contributed by atoms with Crippen molar-refractivity contribution in [2.45, 2.75) is 19.5 Å². The van der Waals surface area contributed by atoms with Gasteiger partial charge >= 0.3 is 0 Å². The van der Waals surface area contributed by atoms with E-state index in [2.05, 4.69) is 56.9 Å². The highest BCUT2D eigenvalue weighted by Gasteiger charge is 2.05. The molecule has 0 aliphatic heterocycles. The van der Waals surface area contributed by atoms with Gasteiger partial charge in [0.1, 0.15) is 0 Å². The van der Waals surface area contributed by atoms with Gasteiger partial charge in [0.15, 0.2) is 5.96 Å².